The molecule has 2 aromatic carbocycles. The van der Waals surface area contributed by atoms with Gasteiger partial charge in [-0.3, -0.25) is 14.8 Å². The highest BCUT2D eigenvalue weighted by molar-refractivity contribution is 6.06. The van der Waals surface area contributed by atoms with Crippen LogP contribution in [-0.4, -0.2) is 24.5 Å². The highest BCUT2D eigenvalue weighted by Crippen LogP contribution is 2.34. The van der Waals surface area contributed by atoms with Crippen molar-refractivity contribution >= 4 is 28.7 Å². The molecule has 0 atom stereocenters. The Morgan fingerprint density at radius 3 is 2.51 bits per heavy atom. The molecule has 0 radical (unpaired) electrons. The molecule has 10 heteroatoms. The molecule has 3 rings (SSSR count). The number of benzene rings is 2. The van der Waals surface area contributed by atoms with E-state index in [4.69, 9.17) is 5.84 Å². The van der Waals surface area contributed by atoms with Crippen molar-refractivity contribution in [2.75, 3.05) is 29.2 Å². The smallest absolute Gasteiger partial charge is 0.386 e. The van der Waals surface area contributed by atoms with Crippen LogP contribution in [0.2, 0.25) is 0 Å². The van der Waals surface area contributed by atoms with Crippen molar-refractivity contribution in [1.29, 1.82) is 0 Å². The molecule has 0 fully saturated rings. The van der Waals surface area contributed by atoms with Crippen molar-refractivity contribution in [3.63, 3.8) is 0 Å². The van der Waals surface area contributed by atoms with Gasteiger partial charge in [-0.2, -0.15) is 13.2 Å². The van der Waals surface area contributed by atoms with E-state index in [-0.39, 0.29) is 11.3 Å². The van der Waals surface area contributed by atoms with Crippen LogP contribution in [0, 0.1) is 6.92 Å². The van der Waals surface area contributed by atoms with Crippen LogP contribution in [0.4, 0.5) is 30.2 Å². The number of amides is 1. The minimum atomic E-state index is -4.53. The Kier molecular flexibility index (Phi) is 7.98. The second-order valence-electron chi connectivity index (χ2n) is 7.69. The van der Waals surface area contributed by atoms with Crippen molar-refractivity contribution < 1.29 is 18.0 Å². The summed E-state index contributed by atoms with van der Waals surface area (Å²) in [5, 5.41) is 9.99. The summed E-state index contributed by atoms with van der Waals surface area (Å²) in [7, 11) is 1.75. The average Bonchev–Trinajstić information content (AvgIpc) is 2.83. The number of anilines is 3. The molecule has 3 aromatic rings. The molecule has 0 saturated heterocycles. The van der Waals surface area contributed by atoms with Gasteiger partial charge in [0.1, 0.15) is 0 Å². The lowest BCUT2D eigenvalue weighted by atomic mass is 10.1. The maximum Gasteiger partial charge on any atom is 0.416 e. The van der Waals surface area contributed by atoms with E-state index in [0.29, 0.717) is 23.6 Å². The van der Waals surface area contributed by atoms with Crippen molar-refractivity contribution in [1.82, 2.24) is 10.3 Å². The van der Waals surface area contributed by atoms with Crippen LogP contribution in [0.3, 0.4) is 0 Å². The molecule has 0 bridgehead atoms. The molecule has 0 aliphatic rings. The summed E-state index contributed by atoms with van der Waals surface area (Å²) < 4.78 is 39.7. The Morgan fingerprint density at radius 1 is 1.11 bits per heavy atom. The molecular formula is C25H27F3N6O. The third-order valence-corrected chi connectivity index (χ3v) is 5.22. The summed E-state index contributed by atoms with van der Waals surface area (Å²) >= 11 is 0. The zero-order valence-electron chi connectivity index (χ0n) is 19.6. The molecule has 35 heavy (non-hydrogen) atoms. The molecule has 0 saturated carbocycles. The lowest BCUT2D eigenvalue weighted by Crippen LogP contribution is -2.27. The van der Waals surface area contributed by atoms with Gasteiger partial charge >= 0.3 is 6.18 Å². The van der Waals surface area contributed by atoms with Crippen LogP contribution in [0.5, 0.6) is 0 Å². The lowest BCUT2D eigenvalue weighted by Gasteiger charge is -2.20. The van der Waals surface area contributed by atoms with Crippen molar-refractivity contribution in [3.05, 3.63) is 89.4 Å². The van der Waals surface area contributed by atoms with E-state index < -0.39 is 17.6 Å². The Labute approximate surface area is 201 Å². The van der Waals surface area contributed by atoms with Gasteiger partial charge in [0.2, 0.25) is 0 Å². The van der Waals surface area contributed by atoms with Gasteiger partial charge in [-0.15, -0.1) is 0 Å². The number of carbonyl (C=O) groups excluding carboxylic acids is 1. The summed E-state index contributed by atoms with van der Waals surface area (Å²) in [4.78, 5) is 17.1. The van der Waals surface area contributed by atoms with Crippen molar-refractivity contribution in [2.24, 2.45) is 5.84 Å². The first-order valence-electron chi connectivity index (χ1n) is 10.8. The molecule has 1 amide bonds. The molecule has 1 aromatic heterocycles. The number of carbonyl (C=O) groups is 1. The largest absolute Gasteiger partial charge is 0.416 e. The second kappa shape index (κ2) is 10.9. The van der Waals surface area contributed by atoms with E-state index in [1.807, 2.05) is 19.9 Å². The fraction of sp³-hybridized carbons (Fsp3) is 0.200. The molecule has 0 aliphatic heterocycles. The van der Waals surface area contributed by atoms with Crippen LogP contribution in [-0.2, 0) is 6.18 Å². The molecule has 5 N–H and O–H groups in total. The fourth-order valence-corrected chi connectivity index (χ4v) is 3.41. The normalized spacial score (nSPS) is 11.7. The summed E-state index contributed by atoms with van der Waals surface area (Å²) in [5.74, 6) is 5.73. The van der Waals surface area contributed by atoms with E-state index in [1.165, 1.54) is 11.1 Å². The summed E-state index contributed by atoms with van der Waals surface area (Å²) in [5.41, 5.74) is 2.67. The van der Waals surface area contributed by atoms with Crippen molar-refractivity contribution in [3.8, 4) is 0 Å². The SMILES string of the molecule is CCNc1ccc(C(F)(F)F)cc1NC(=O)c1ccc(C)c(N(N)/C=C(\NC)c2cccnc2)c1. The standard InChI is InChI=1S/C25H27F3N6O/c1-4-32-20-10-9-19(25(26,27)28)13-21(20)33-24(35)17-8-7-16(2)23(12-17)34(29)15-22(30-3)18-6-5-11-31-14-18/h5-15,30,32H,4,29H2,1-3H3,(H,33,35)/b22-15-. The third kappa shape index (κ3) is 6.30. The first kappa shape index (κ1) is 25.6. The van der Waals surface area contributed by atoms with Gasteiger partial charge < -0.3 is 16.0 Å². The number of pyridine rings is 1. The number of hydrogen-bond donors (Lipinski definition) is 4. The number of rotatable bonds is 8. The van der Waals surface area contributed by atoms with Gasteiger partial charge in [0.25, 0.3) is 5.91 Å². The number of alkyl halides is 3. The molecule has 1 heterocycles. The van der Waals surface area contributed by atoms with E-state index in [1.54, 1.807) is 49.9 Å². The number of aryl methyl sites for hydroxylation is 1. The van der Waals surface area contributed by atoms with Crippen LogP contribution >= 0.6 is 0 Å². The van der Waals surface area contributed by atoms with Gasteiger partial charge in [0, 0.05) is 43.3 Å². The Bertz CT molecular complexity index is 1210. The Hall–Kier alpha value is -4.05. The second-order valence-corrected chi connectivity index (χ2v) is 7.69. The molecule has 0 spiro atoms. The predicted octanol–water partition coefficient (Wildman–Crippen LogP) is 4.99. The van der Waals surface area contributed by atoms with Crippen LogP contribution in [0.25, 0.3) is 5.70 Å². The first-order chi connectivity index (χ1) is 16.6. The van der Waals surface area contributed by atoms with Gasteiger partial charge in [0.15, 0.2) is 0 Å². The Morgan fingerprint density at radius 2 is 1.89 bits per heavy atom. The molecule has 184 valence electrons. The lowest BCUT2D eigenvalue weighted by molar-refractivity contribution is -0.137. The van der Waals surface area contributed by atoms with E-state index in [2.05, 4.69) is 20.9 Å². The minimum Gasteiger partial charge on any atom is -0.386 e. The number of nitrogens with zero attached hydrogens (tertiary/aromatic N) is 2. The van der Waals surface area contributed by atoms with E-state index in [9.17, 15) is 18.0 Å². The summed E-state index contributed by atoms with van der Waals surface area (Å²) in [6.07, 6.45) is 0.475. The summed E-state index contributed by atoms with van der Waals surface area (Å²) in [6, 6.07) is 11.7. The number of aromatic nitrogens is 1. The highest BCUT2D eigenvalue weighted by Gasteiger charge is 2.31. The molecule has 0 aliphatic carbocycles. The quantitative estimate of drug-likeness (QED) is 0.266. The molecular weight excluding hydrogens is 457 g/mol. The average molecular weight is 485 g/mol. The number of hydrazine groups is 1. The van der Waals surface area contributed by atoms with Gasteiger partial charge in [0.05, 0.1) is 28.3 Å². The predicted molar refractivity (Wildman–Crippen MR) is 133 cm³/mol. The molecule has 0 unspecified atom stereocenters. The topological polar surface area (TPSA) is 95.3 Å². The maximum atomic E-state index is 13.2. The fourth-order valence-electron chi connectivity index (χ4n) is 3.41. The summed E-state index contributed by atoms with van der Waals surface area (Å²) in [6.45, 7) is 4.12. The monoisotopic (exact) mass is 484 g/mol. The number of hydrogen-bond acceptors (Lipinski definition) is 6. The first-order valence-corrected chi connectivity index (χ1v) is 10.8. The van der Waals surface area contributed by atoms with E-state index >= 15 is 0 Å². The van der Waals surface area contributed by atoms with Crippen LogP contribution in [0.15, 0.2) is 67.1 Å². The van der Waals surface area contributed by atoms with Crippen LogP contribution in [0.1, 0.15) is 34.0 Å². The zero-order chi connectivity index (χ0) is 25.6. The van der Waals surface area contributed by atoms with Gasteiger partial charge in [-0.25, -0.2) is 5.84 Å². The number of halogens is 3. The molecule has 7 nitrogen and oxygen atoms in total. The number of nitrogens with one attached hydrogen (secondary N) is 3. The minimum absolute atomic E-state index is 0.0346. The van der Waals surface area contributed by atoms with Crippen LogP contribution < -0.4 is 26.8 Å². The number of nitrogens with two attached hydrogens (primary N) is 1. The highest BCUT2D eigenvalue weighted by atomic mass is 19.4. The van der Waals surface area contributed by atoms with Crippen molar-refractivity contribution in [2.45, 2.75) is 20.0 Å². The Balaban J connectivity index is 1.91. The third-order valence-electron chi connectivity index (χ3n) is 5.22. The zero-order valence-corrected chi connectivity index (χ0v) is 19.6. The maximum absolute atomic E-state index is 13.2. The van der Waals surface area contributed by atoms with Gasteiger partial charge in [-0.05, 0) is 61.9 Å². The van der Waals surface area contributed by atoms with E-state index in [0.717, 1.165) is 23.3 Å². The van der Waals surface area contributed by atoms with Gasteiger partial charge in [-0.1, -0.05) is 6.07 Å².